The number of hydrogen-bond acceptors (Lipinski definition) is 2. The fourth-order valence-electron chi connectivity index (χ4n) is 2.26. The van der Waals surface area contributed by atoms with E-state index < -0.39 is 0 Å². The number of hydrogen-bond donors (Lipinski definition) is 0. The van der Waals surface area contributed by atoms with E-state index in [1.54, 1.807) is 7.11 Å². The molecule has 0 fully saturated rings. The molecule has 0 bridgehead atoms. The Morgan fingerprint density at radius 1 is 1.47 bits per heavy atom. The highest BCUT2D eigenvalue weighted by Crippen LogP contribution is 2.34. The Morgan fingerprint density at radius 3 is 2.88 bits per heavy atom. The molecule has 1 heterocycles. The lowest BCUT2D eigenvalue weighted by molar-refractivity contribution is -0.108. The van der Waals surface area contributed by atoms with Crippen molar-refractivity contribution in [2.75, 3.05) is 7.11 Å². The van der Waals surface area contributed by atoms with Crippen molar-refractivity contribution in [3.63, 3.8) is 0 Å². The second-order valence-corrected chi connectivity index (χ2v) is 4.35. The fourth-order valence-corrected chi connectivity index (χ4v) is 2.26. The minimum atomic E-state index is 0.215. The summed E-state index contributed by atoms with van der Waals surface area (Å²) in [4.78, 5) is 10.6. The zero-order valence-corrected chi connectivity index (χ0v) is 10.4. The number of ether oxygens (including phenoxy) is 1. The van der Waals surface area contributed by atoms with Crippen LogP contribution in [0.1, 0.15) is 24.8 Å². The van der Waals surface area contributed by atoms with E-state index in [4.69, 9.17) is 4.74 Å². The molecule has 0 aliphatic rings. The first-order chi connectivity index (χ1) is 8.19. The van der Waals surface area contributed by atoms with E-state index in [0.29, 0.717) is 6.42 Å². The number of nitrogens with zero attached hydrogens (tertiary/aromatic N) is 1. The average molecular weight is 231 g/mol. The van der Waals surface area contributed by atoms with Crippen molar-refractivity contribution in [1.82, 2.24) is 4.57 Å². The van der Waals surface area contributed by atoms with Gasteiger partial charge in [0.2, 0.25) is 0 Å². The van der Waals surface area contributed by atoms with Crippen molar-refractivity contribution in [3.8, 4) is 5.75 Å². The van der Waals surface area contributed by atoms with Crippen molar-refractivity contribution in [2.24, 2.45) is 7.05 Å². The Morgan fingerprint density at radius 2 is 2.24 bits per heavy atom. The Balaban J connectivity index is 2.66. The predicted molar refractivity (Wildman–Crippen MR) is 68.6 cm³/mol. The molecule has 1 atom stereocenters. The standard InChI is InChI=1S/C14H17NO2/c1-10(7-8-16)11-9-15(2)12-5-4-6-13(17-3)14(11)12/h4-6,8-10H,7H2,1-3H3/t10-/m1/s1. The van der Waals surface area contributed by atoms with Gasteiger partial charge < -0.3 is 14.1 Å². The number of aromatic nitrogens is 1. The van der Waals surface area contributed by atoms with Crippen LogP contribution in [0.5, 0.6) is 5.75 Å². The van der Waals surface area contributed by atoms with E-state index in [0.717, 1.165) is 22.9 Å². The fraction of sp³-hybridized carbons (Fsp3) is 0.357. The minimum Gasteiger partial charge on any atom is -0.496 e. The molecule has 3 nitrogen and oxygen atoms in total. The molecule has 17 heavy (non-hydrogen) atoms. The number of benzene rings is 1. The second kappa shape index (κ2) is 4.62. The van der Waals surface area contributed by atoms with Crippen LogP contribution in [0.4, 0.5) is 0 Å². The largest absolute Gasteiger partial charge is 0.496 e. The van der Waals surface area contributed by atoms with E-state index in [2.05, 4.69) is 23.8 Å². The zero-order chi connectivity index (χ0) is 12.4. The average Bonchev–Trinajstić information content (AvgIpc) is 2.67. The lowest BCUT2D eigenvalue weighted by Gasteiger charge is -2.08. The van der Waals surface area contributed by atoms with E-state index in [1.807, 2.05) is 19.2 Å². The van der Waals surface area contributed by atoms with Crippen LogP contribution in [0.3, 0.4) is 0 Å². The summed E-state index contributed by atoms with van der Waals surface area (Å²) in [5, 5.41) is 1.12. The predicted octanol–water partition coefficient (Wildman–Crippen LogP) is 2.88. The molecule has 0 N–H and O–H groups in total. The molecule has 3 heteroatoms. The van der Waals surface area contributed by atoms with Gasteiger partial charge in [-0.2, -0.15) is 0 Å². The second-order valence-electron chi connectivity index (χ2n) is 4.35. The maximum Gasteiger partial charge on any atom is 0.128 e. The van der Waals surface area contributed by atoms with Crippen molar-refractivity contribution < 1.29 is 9.53 Å². The van der Waals surface area contributed by atoms with Crippen LogP contribution in [-0.4, -0.2) is 18.0 Å². The highest BCUT2D eigenvalue weighted by atomic mass is 16.5. The number of aryl methyl sites for hydroxylation is 1. The van der Waals surface area contributed by atoms with Gasteiger partial charge in [-0.3, -0.25) is 0 Å². The van der Waals surface area contributed by atoms with Crippen molar-refractivity contribution in [1.29, 1.82) is 0 Å². The molecule has 0 unspecified atom stereocenters. The molecule has 2 aromatic rings. The highest BCUT2D eigenvalue weighted by molar-refractivity contribution is 5.90. The smallest absolute Gasteiger partial charge is 0.128 e. The van der Waals surface area contributed by atoms with E-state index in [9.17, 15) is 4.79 Å². The van der Waals surface area contributed by atoms with Gasteiger partial charge in [0, 0.05) is 25.1 Å². The number of carbonyl (C=O) groups is 1. The van der Waals surface area contributed by atoms with Crippen molar-refractivity contribution >= 4 is 17.2 Å². The molecule has 0 amide bonds. The molecule has 90 valence electrons. The van der Waals surface area contributed by atoms with Gasteiger partial charge in [0.25, 0.3) is 0 Å². The van der Waals surface area contributed by atoms with Gasteiger partial charge in [0.1, 0.15) is 12.0 Å². The first-order valence-electron chi connectivity index (χ1n) is 5.74. The van der Waals surface area contributed by atoms with Crippen LogP contribution in [0.25, 0.3) is 10.9 Å². The third-order valence-corrected chi connectivity index (χ3v) is 3.21. The van der Waals surface area contributed by atoms with Crippen LogP contribution in [0.2, 0.25) is 0 Å². The molecule has 0 saturated heterocycles. The molecule has 0 aliphatic carbocycles. The maximum atomic E-state index is 10.6. The normalized spacial score (nSPS) is 12.6. The molecular weight excluding hydrogens is 214 g/mol. The lowest BCUT2D eigenvalue weighted by atomic mass is 9.97. The third kappa shape index (κ3) is 1.93. The number of methoxy groups -OCH3 is 1. The first-order valence-corrected chi connectivity index (χ1v) is 5.74. The van der Waals surface area contributed by atoms with E-state index in [-0.39, 0.29) is 5.92 Å². The quantitative estimate of drug-likeness (QED) is 0.758. The third-order valence-electron chi connectivity index (χ3n) is 3.21. The van der Waals surface area contributed by atoms with Gasteiger partial charge in [-0.15, -0.1) is 0 Å². The molecule has 1 aromatic carbocycles. The summed E-state index contributed by atoms with van der Waals surface area (Å²) in [5.74, 6) is 1.09. The monoisotopic (exact) mass is 231 g/mol. The Bertz CT molecular complexity index is 542. The highest BCUT2D eigenvalue weighted by Gasteiger charge is 2.15. The Labute approximate surface area is 101 Å². The Hall–Kier alpha value is -1.77. The van der Waals surface area contributed by atoms with Gasteiger partial charge in [0.15, 0.2) is 0 Å². The molecule has 0 saturated carbocycles. The lowest BCUT2D eigenvalue weighted by Crippen LogP contribution is -1.94. The minimum absolute atomic E-state index is 0.215. The summed E-state index contributed by atoms with van der Waals surface area (Å²) >= 11 is 0. The number of carbonyl (C=O) groups excluding carboxylic acids is 1. The van der Waals surface area contributed by atoms with Crippen LogP contribution >= 0.6 is 0 Å². The summed E-state index contributed by atoms with van der Waals surface area (Å²) in [6.45, 7) is 2.07. The summed E-state index contributed by atoms with van der Waals surface area (Å²) in [7, 11) is 3.69. The summed E-state index contributed by atoms with van der Waals surface area (Å²) in [6.07, 6.45) is 3.59. The summed E-state index contributed by atoms with van der Waals surface area (Å²) < 4.78 is 7.49. The van der Waals surface area contributed by atoms with Crippen LogP contribution in [-0.2, 0) is 11.8 Å². The van der Waals surface area contributed by atoms with E-state index >= 15 is 0 Å². The summed E-state index contributed by atoms with van der Waals surface area (Å²) in [5.41, 5.74) is 2.31. The number of rotatable bonds is 4. The number of fused-ring (bicyclic) bond motifs is 1. The molecule has 1 aromatic heterocycles. The van der Waals surface area contributed by atoms with Gasteiger partial charge in [0.05, 0.1) is 12.6 Å². The SMILES string of the molecule is COc1cccc2c1c([C@H](C)CC=O)cn2C. The maximum absolute atomic E-state index is 10.6. The summed E-state index contributed by atoms with van der Waals surface area (Å²) in [6, 6.07) is 6.00. The number of aldehydes is 1. The van der Waals surface area contributed by atoms with Gasteiger partial charge in [-0.25, -0.2) is 0 Å². The molecule has 0 radical (unpaired) electrons. The molecular formula is C14H17NO2. The zero-order valence-electron chi connectivity index (χ0n) is 10.4. The Kier molecular flexibility index (Phi) is 3.18. The first kappa shape index (κ1) is 11.7. The molecule has 0 spiro atoms. The topological polar surface area (TPSA) is 31.2 Å². The van der Waals surface area contributed by atoms with Gasteiger partial charge in [-0.05, 0) is 23.6 Å². The van der Waals surface area contributed by atoms with Gasteiger partial charge in [-0.1, -0.05) is 13.0 Å². The van der Waals surface area contributed by atoms with E-state index in [1.165, 1.54) is 5.56 Å². The van der Waals surface area contributed by atoms with Crippen LogP contribution in [0, 0.1) is 0 Å². The van der Waals surface area contributed by atoms with Crippen LogP contribution < -0.4 is 4.74 Å². The van der Waals surface area contributed by atoms with Gasteiger partial charge >= 0.3 is 0 Å². The van der Waals surface area contributed by atoms with Crippen molar-refractivity contribution in [3.05, 3.63) is 30.0 Å². The van der Waals surface area contributed by atoms with Crippen molar-refractivity contribution in [2.45, 2.75) is 19.3 Å². The molecule has 2 rings (SSSR count). The molecule has 0 aliphatic heterocycles. The van der Waals surface area contributed by atoms with Crippen LogP contribution in [0.15, 0.2) is 24.4 Å².